The Morgan fingerprint density at radius 1 is 1.44 bits per heavy atom. The largest absolute Gasteiger partial charge is 0.205 e. The SMILES string of the molecule is Bc1cccc(F)c1Cl. The van der Waals surface area contributed by atoms with E-state index in [1.807, 2.05) is 0 Å². The van der Waals surface area contributed by atoms with Crippen molar-refractivity contribution in [2.75, 3.05) is 0 Å². The number of halogens is 2. The van der Waals surface area contributed by atoms with E-state index in [9.17, 15) is 4.39 Å². The fraction of sp³-hybridized carbons (Fsp3) is 0. The summed E-state index contributed by atoms with van der Waals surface area (Å²) in [6.45, 7) is 0. The van der Waals surface area contributed by atoms with Crippen molar-refractivity contribution >= 4 is 24.9 Å². The Kier molecular flexibility index (Phi) is 1.77. The molecule has 0 aromatic heterocycles. The van der Waals surface area contributed by atoms with E-state index in [4.69, 9.17) is 11.6 Å². The van der Waals surface area contributed by atoms with Crippen LogP contribution in [0.2, 0.25) is 5.02 Å². The van der Waals surface area contributed by atoms with Crippen molar-refractivity contribution in [3.05, 3.63) is 29.0 Å². The summed E-state index contributed by atoms with van der Waals surface area (Å²) in [5.74, 6) is -0.350. The number of rotatable bonds is 0. The minimum absolute atomic E-state index is 0.220. The highest BCUT2D eigenvalue weighted by Crippen LogP contribution is 2.08. The Morgan fingerprint density at radius 3 is 2.56 bits per heavy atom. The molecule has 0 N–H and O–H groups in total. The summed E-state index contributed by atoms with van der Waals surface area (Å²) in [4.78, 5) is 0. The Labute approximate surface area is 59.1 Å². The normalized spacial score (nSPS) is 9.56. The fourth-order valence-corrected chi connectivity index (χ4v) is 0.738. The van der Waals surface area contributed by atoms with Crippen LogP contribution in [0.25, 0.3) is 0 Å². The molecule has 1 rings (SSSR count). The van der Waals surface area contributed by atoms with Gasteiger partial charge in [-0.15, -0.1) is 0 Å². The maximum absolute atomic E-state index is 12.4. The summed E-state index contributed by atoms with van der Waals surface area (Å²) in [7, 11) is 1.77. The highest BCUT2D eigenvalue weighted by molar-refractivity contribution is 6.45. The lowest BCUT2D eigenvalue weighted by Gasteiger charge is -1.95. The molecule has 0 amide bonds. The molecule has 0 heterocycles. The van der Waals surface area contributed by atoms with Crippen LogP contribution in [0.4, 0.5) is 4.39 Å². The monoisotopic (exact) mass is 142 g/mol. The topological polar surface area (TPSA) is 0 Å². The molecule has 3 heteroatoms. The predicted molar refractivity (Wildman–Crippen MR) is 39.6 cm³/mol. The van der Waals surface area contributed by atoms with E-state index in [1.165, 1.54) is 6.07 Å². The molecule has 0 spiro atoms. The molecule has 0 saturated heterocycles. The summed E-state index contributed by atoms with van der Waals surface area (Å²) >= 11 is 5.50. The van der Waals surface area contributed by atoms with Gasteiger partial charge < -0.3 is 0 Å². The van der Waals surface area contributed by atoms with E-state index in [2.05, 4.69) is 0 Å². The summed E-state index contributed by atoms with van der Waals surface area (Å²) in [5, 5.41) is 0.220. The van der Waals surface area contributed by atoms with Crippen LogP contribution in [0.5, 0.6) is 0 Å². The van der Waals surface area contributed by atoms with E-state index < -0.39 is 0 Å². The smallest absolute Gasteiger partial charge is 0.141 e. The number of hydrogen-bond acceptors (Lipinski definition) is 0. The van der Waals surface area contributed by atoms with Gasteiger partial charge in [0.05, 0.1) is 5.02 Å². The molecule has 0 atom stereocenters. The van der Waals surface area contributed by atoms with Gasteiger partial charge in [0.15, 0.2) is 0 Å². The van der Waals surface area contributed by atoms with Crippen molar-refractivity contribution in [2.24, 2.45) is 0 Å². The van der Waals surface area contributed by atoms with Crippen molar-refractivity contribution in [1.29, 1.82) is 0 Å². The van der Waals surface area contributed by atoms with Crippen LogP contribution in [0.1, 0.15) is 0 Å². The molecule has 9 heavy (non-hydrogen) atoms. The first-order valence-corrected chi connectivity index (χ1v) is 3.00. The molecule has 0 aliphatic rings. The third-order valence-corrected chi connectivity index (χ3v) is 1.62. The third-order valence-electron chi connectivity index (χ3n) is 1.14. The van der Waals surface area contributed by atoms with Crippen molar-refractivity contribution in [3.8, 4) is 0 Å². The molecule has 0 nitrogen and oxygen atoms in total. The number of hydrogen-bond donors (Lipinski definition) is 0. The van der Waals surface area contributed by atoms with Crippen molar-refractivity contribution in [2.45, 2.75) is 0 Å². The Hall–Kier alpha value is -0.495. The van der Waals surface area contributed by atoms with Crippen LogP contribution >= 0.6 is 11.6 Å². The second kappa shape index (κ2) is 2.40. The molecule has 0 aliphatic carbocycles. The van der Waals surface area contributed by atoms with Gasteiger partial charge in [-0.25, -0.2) is 4.39 Å². The van der Waals surface area contributed by atoms with Gasteiger partial charge in [0.2, 0.25) is 0 Å². The first kappa shape index (κ1) is 6.62. The Balaban J connectivity index is 3.25. The third kappa shape index (κ3) is 1.25. The minimum atomic E-state index is -0.350. The summed E-state index contributed by atoms with van der Waals surface area (Å²) in [5.41, 5.74) is 0.775. The van der Waals surface area contributed by atoms with Gasteiger partial charge in [-0.2, -0.15) is 0 Å². The van der Waals surface area contributed by atoms with Gasteiger partial charge >= 0.3 is 0 Å². The number of benzene rings is 1. The maximum atomic E-state index is 12.4. The molecular formula is C6H5BClF. The highest BCUT2D eigenvalue weighted by Gasteiger charge is 1.98. The second-order valence-corrected chi connectivity index (χ2v) is 2.25. The zero-order valence-corrected chi connectivity index (χ0v) is 5.74. The lowest BCUT2D eigenvalue weighted by atomic mass is 9.96. The van der Waals surface area contributed by atoms with Crippen LogP contribution in [0.3, 0.4) is 0 Å². The zero-order chi connectivity index (χ0) is 6.85. The molecule has 0 aliphatic heterocycles. The van der Waals surface area contributed by atoms with E-state index in [0.717, 1.165) is 5.46 Å². The first-order valence-electron chi connectivity index (χ1n) is 2.62. The van der Waals surface area contributed by atoms with Crippen LogP contribution in [0, 0.1) is 5.82 Å². The highest BCUT2D eigenvalue weighted by atomic mass is 35.5. The maximum Gasteiger partial charge on any atom is 0.141 e. The molecule has 46 valence electrons. The van der Waals surface area contributed by atoms with E-state index in [1.54, 1.807) is 20.0 Å². The van der Waals surface area contributed by atoms with E-state index in [0.29, 0.717) is 0 Å². The fourth-order valence-electron chi connectivity index (χ4n) is 0.612. The first-order chi connectivity index (χ1) is 4.22. The summed E-state index contributed by atoms with van der Waals surface area (Å²) in [6, 6.07) is 4.75. The van der Waals surface area contributed by atoms with Gasteiger partial charge in [-0.3, -0.25) is 0 Å². The molecule has 0 bridgehead atoms. The Bertz CT molecular complexity index is 204. The minimum Gasteiger partial charge on any atom is -0.205 e. The van der Waals surface area contributed by atoms with Gasteiger partial charge in [-0.05, 0) is 6.07 Å². The Morgan fingerprint density at radius 2 is 2.11 bits per heavy atom. The van der Waals surface area contributed by atoms with Gasteiger partial charge in [0.25, 0.3) is 0 Å². The van der Waals surface area contributed by atoms with Crippen molar-refractivity contribution in [1.82, 2.24) is 0 Å². The van der Waals surface area contributed by atoms with Gasteiger partial charge in [0.1, 0.15) is 13.7 Å². The summed E-state index contributed by atoms with van der Waals surface area (Å²) in [6.07, 6.45) is 0. The molecule has 0 unspecified atom stereocenters. The predicted octanol–water partition coefficient (Wildman–Crippen LogP) is 0.738. The average Bonchev–Trinajstić information content (AvgIpc) is 1.83. The quantitative estimate of drug-likeness (QED) is 0.469. The molecule has 0 radical (unpaired) electrons. The lowest BCUT2D eigenvalue weighted by molar-refractivity contribution is 0.629. The lowest BCUT2D eigenvalue weighted by Crippen LogP contribution is -2.04. The molecule has 0 fully saturated rings. The average molecular weight is 142 g/mol. The molecular weight excluding hydrogens is 137 g/mol. The molecule has 1 aromatic carbocycles. The van der Waals surface area contributed by atoms with Crippen LogP contribution in [-0.2, 0) is 0 Å². The van der Waals surface area contributed by atoms with Gasteiger partial charge in [-0.1, -0.05) is 29.2 Å². The van der Waals surface area contributed by atoms with Crippen LogP contribution in [-0.4, -0.2) is 7.85 Å². The van der Waals surface area contributed by atoms with Crippen molar-refractivity contribution < 1.29 is 4.39 Å². The molecule has 0 saturated carbocycles. The van der Waals surface area contributed by atoms with Crippen LogP contribution in [0.15, 0.2) is 18.2 Å². The summed E-state index contributed by atoms with van der Waals surface area (Å²) < 4.78 is 12.4. The van der Waals surface area contributed by atoms with E-state index >= 15 is 0 Å². The van der Waals surface area contributed by atoms with Gasteiger partial charge in [0, 0.05) is 0 Å². The second-order valence-electron chi connectivity index (χ2n) is 1.87. The standard InChI is InChI=1S/C6H5BClF/c7-4-2-1-3-5(9)6(4)8/h1-3H,7H2. The van der Waals surface area contributed by atoms with Crippen molar-refractivity contribution in [3.63, 3.8) is 0 Å². The zero-order valence-electron chi connectivity index (χ0n) is 4.99. The molecule has 1 aromatic rings. The van der Waals surface area contributed by atoms with E-state index in [-0.39, 0.29) is 10.8 Å². The van der Waals surface area contributed by atoms with Crippen LogP contribution < -0.4 is 5.46 Å².